The number of nitrogen functional groups attached to an aromatic ring is 1. The zero-order valence-corrected chi connectivity index (χ0v) is 13.9. The molecule has 0 aliphatic heterocycles. The van der Waals surface area contributed by atoms with Crippen molar-refractivity contribution in [2.75, 3.05) is 23.9 Å². The summed E-state index contributed by atoms with van der Waals surface area (Å²) in [7, 11) is -3.79. The van der Waals surface area contributed by atoms with Crippen LogP contribution in [0.1, 0.15) is 32.1 Å². The van der Waals surface area contributed by atoms with Crippen molar-refractivity contribution in [3.8, 4) is 0 Å². The van der Waals surface area contributed by atoms with Crippen LogP contribution >= 0.6 is 11.8 Å². The lowest BCUT2D eigenvalue weighted by Gasteiger charge is -2.36. The van der Waals surface area contributed by atoms with Gasteiger partial charge in [-0.25, -0.2) is 13.6 Å². The van der Waals surface area contributed by atoms with E-state index in [-0.39, 0.29) is 15.3 Å². The van der Waals surface area contributed by atoms with E-state index in [1.165, 1.54) is 38.2 Å². The van der Waals surface area contributed by atoms with Crippen LogP contribution in [0.2, 0.25) is 0 Å². The molecule has 0 heterocycles. The van der Waals surface area contributed by atoms with Crippen molar-refractivity contribution in [2.24, 2.45) is 5.14 Å². The Kier molecular flexibility index (Phi) is 5.06. The van der Waals surface area contributed by atoms with Gasteiger partial charge in [0.2, 0.25) is 10.0 Å². The third-order valence-electron chi connectivity index (χ3n) is 4.17. The number of sulfonamides is 1. The second-order valence-electron chi connectivity index (χ2n) is 5.56. The summed E-state index contributed by atoms with van der Waals surface area (Å²) >= 11 is 1.88. The standard InChI is InChI=1S/C14H23N3O2S2/c1-20-14(8-3-2-4-9-14)10-17-11-6-5-7-12(13(11)15)21(16,18)19/h5-7,17H,2-4,8-10,15H2,1H3,(H2,16,18,19). The highest BCUT2D eigenvalue weighted by Crippen LogP contribution is 2.39. The molecule has 1 saturated carbocycles. The second kappa shape index (κ2) is 6.46. The maximum absolute atomic E-state index is 11.5. The number of rotatable bonds is 5. The molecule has 0 spiro atoms. The Labute approximate surface area is 130 Å². The molecule has 5 N–H and O–H groups in total. The van der Waals surface area contributed by atoms with Gasteiger partial charge in [0.15, 0.2) is 0 Å². The van der Waals surface area contributed by atoms with Crippen molar-refractivity contribution in [3.05, 3.63) is 18.2 Å². The number of para-hydroxylation sites is 1. The van der Waals surface area contributed by atoms with Crippen molar-refractivity contribution < 1.29 is 8.42 Å². The molecule has 0 bridgehead atoms. The smallest absolute Gasteiger partial charge is 0.240 e. The van der Waals surface area contributed by atoms with Gasteiger partial charge in [0, 0.05) is 11.3 Å². The molecule has 0 saturated heterocycles. The molecular weight excluding hydrogens is 306 g/mol. The Morgan fingerprint density at radius 1 is 1.29 bits per heavy atom. The quantitative estimate of drug-likeness (QED) is 0.721. The van der Waals surface area contributed by atoms with Crippen molar-refractivity contribution in [2.45, 2.75) is 41.7 Å². The zero-order valence-electron chi connectivity index (χ0n) is 12.3. The number of hydrogen-bond acceptors (Lipinski definition) is 5. The molecule has 1 aliphatic carbocycles. The Hall–Kier alpha value is -0.920. The molecule has 0 amide bonds. The largest absolute Gasteiger partial charge is 0.396 e. The summed E-state index contributed by atoms with van der Waals surface area (Å²) in [6, 6.07) is 4.88. The predicted octanol–water partition coefficient (Wildman–Crippen LogP) is 2.39. The molecule has 2 rings (SSSR count). The summed E-state index contributed by atoms with van der Waals surface area (Å²) in [5.74, 6) is 0. The molecule has 1 aromatic carbocycles. The lowest BCUT2D eigenvalue weighted by atomic mass is 9.88. The van der Waals surface area contributed by atoms with Gasteiger partial charge in [0.25, 0.3) is 0 Å². The minimum absolute atomic E-state index is 0.0191. The van der Waals surface area contributed by atoms with Gasteiger partial charge in [-0.05, 0) is 31.2 Å². The highest BCUT2D eigenvalue weighted by atomic mass is 32.2. The van der Waals surface area contributed by atoms with Crippen LogP contribution in [0.4, 0.5) is 11.4 Å². The number of primary sulfonamides is 1. The van der Waals surface area contributed by atoms with Crippen molar-refractivity contribution in [1.29, 1.82) is 0 Å². The molecule has 1 aromatic rings. The fourth-order valence-corrected chi connectivity index (χ4v) is 4.45. The van der Waals surface area contributed by atoms with E-state index in [4.69, 9.17) is 10.9 Å². The van der Waals surface area contributed by atoms with E-state index in [0.29, 0.717) is 5.69 Å². The summed E-state index contributed by atoms with van der Waals surface area (Å²) in [4.78, 5) is -0.0191. The molecule has 5 nitrogen and oxygen atoms in total. The average Bonchev–Trinajstić information content (AvgIpc) is 2.46. The highest BCUT2D eigenvalue weighted by Gasteiger charge is 2.31. The lowest BCUT2D eigenvalue weighted by molar-refractivity contribution is 0.411. The maximum Gasteiger partial charge on any atom is 0.240 e. The summed E-state index contributed by atoms with van der Waals surface area (Å²) in [6.07, 6.45) is 8.28. The fraction of sp³-hybridized carbons (Fsp3) is 0.571. The van der Waals surface area contributed by atoms with Gasteiger partial charge in [0.1, 0.15) is 4.90 Å². The molecule has 21 heavy (non-hydrogen) atoms. The molecule has 7 heteroatoms. The van der Waals surface area contributed by atoms with Crippen molar-refractivity contribution in [3.63, 3.8) is 0 Å². The lowest BCUT2D eigenvalue weighted by Crippen LogP contribution is -2.35. The first-order valence-electron chi connectivity index (χ1n) is 7.08. The first kappa shape index (κ1) is 16.5. The van der Waals surface area contributed by atoms with Gasteiger partial charge in [0.05, 0.1) is 11.4 Å². The molecule has 0 atom stereocenters. The van der Waals surface area contributed by atoms with Gasteiger partial charge < -0.3 is 11.1 Å². The summed E-state index contributed by atoms with van der Waals surface area (Å²) in [5.41, 5.74) is 6.78. The molecular formula is C14H23N3O2S2. The normalized spacial score (nSPS) is 18.4. The Morgan fingerprint density at radius 2 is 1.95 bits per heavy atom. The van der Waals surface area contributed by atoms with Crippen LogP contribution in [0, 0.1) is 0 Å². The van der Waals surface area contributed by atoms with Gasteiger partial charge in [-0.3, -0.25) is 0 Å². The Balaban J connectivity index is 2.17. The van der Waals surface area contributed by atoms with Crippen LogP contribution in [-0.4, -0.2) is 26.0 Å². The summed E-state index contributed by atoms with van der Waals surface area (Å²) in [6.45, 7) is 0.784. The van der Waals surface area contributed by atoms with E-state index in [2.05, 4.69) is 11.6 Å². The van der Waals surface area contributed by atoms with Crippen LogP contribution in [0.15, 0.2) is 23.1 Å². The van der Waals surface area contributed by atoms with Crippen LogP contribution < -0.4 is 16.2 Å². The van der Waals surface area contributed by atoms with E-state index in [0.717, 1.165) is 6.54 Å². The van der Waals surface area contributed by atoms with Gasteiger partial charge in [-0.15, -0.1) is 0 Å². The van der Waals surface area contributed by atoms with Crippen LogP contribution in [0.5, 0.6) is 0 Å². The fourth-order valence-electron chi connectivity index (χ4n) is 2.85. The molecule has 118 valence electrons. The summed E-state index contributed by atoms with van der Waals surface area (Å²) < 4.78 is 23.2. The van der Waals surface area contributed by atoms with Crippen molar-refractivity contribution >= 4 is 33.2 Å². The van der Waals surface area contributed by atoms with Crippen LogP contribution in [0.3, 0.4) is 0 Å². The van der Waals surface area contributed by atoms with E-state index in [1.807, 2.05) is 11.8 Å². The third-order valence-corrected chi connectivity index (χ3v) is 6.56. The number of hydrogen-bond donors (Lipinski definition) is 3. The topological polar surface area (TPSA) is 98.2 Å². The first-order chi connectivity index (χ1) is 9.88. The number of thioether (sulfide) groups is 1. The molecule has 1 fully saturated rings. The average molecular weight is 329 g/mol. The molecule has 1 aliphatic rings. The SMILES string of the molecule is CSC1(CNc2cccc(S(N)(=O)=O)c2N)CCCCC1. The van der Waals surface area contributed by atoms with Gasteiger partial charge in [-0.1, -0.05) is 25.3 Å². The molecule has 0 radical (unpaired) electrons. The third kappa shape index (κ3) is 3.84. The number of nitrogens with one attached hydrogen (secondary N) is 1. The van der Waals surface area contributed by atoms with E-state index in [1.54, 1.807) is 12.1 Å². The number of benzene rings is 1. The van der Waals surface area contributed by atoms with Crippen LogP contribution in [-0.2, 0) is 10.0 Å². The van der Waals surface area contributed by atoms with Gasteiger partial charge >= 0.3 is 0 Å². The molecule has 0 unspecified atom stereocenters. The van der Waals surface area contributed by atoms with Crippen LogP contribution in [0.25, 0.3) is 0 Å². The monoisotopic (exact) mass is 329 g/mol. The summed E-state index contributed by atoms with van der Waals surface area (Å²) in [5, 5.41) is 8.50. The minimum Gasteiger partial charge on any atom is -0.396 e. The zero-order chi connectivity index (χ0) is 15.5. The molecule has 0 aromatic heterocycles. The predicted molar refractivity (Wildman–Crippen MR) is 90.0 cm³/mol. The Bertz CT molecular complexity index is 596. The van der Waals surface area contributed by atoms with E-state index < -0.39 is 10.0 Å². The number of nitrogens with two attached hydrogens (primary N) is 2. The first-order valence-corrected chi connectivity index (χ1v) is 9.85. The second-order valence-corrected chi connectivity index (χ2v) is 8.37. The highest BCUT2D eigenvalue weighted by molar-refractivity contribution is 8.00. The Morgan fingerprint density at radius 3 is 2.52 bits per heavy atom. The maximum atomic E-state index is 11.5. The van der Waals surface area contributed by atoms with Gasteiger partial charge in [-0.2, -0.15) is 11.8 Å². The van der Waals surface area contributed by atoms with E-state index in [9.17, 15) is 8.42 Å². The van der Waals surface area contributed by atoms with E-state index >= 15 is 0 Å². The van der Waals surface area contributed by atoms with Crippen molar-refractivity contribution in [1.82, 2.24) is 0 Å². The minimum atomic E-state index is -3.79. The number of anilines is 2.